The summed E-state index contributed by atoms with van der Waals surface area (Å²) in [6.45, 7) is 0.380. The van der Waals surface area contributed by atoms with E-state index < -0.39 is 6.04 Å². The molecule has 1 fully saturated rings. The fourth-order valence-corrected chi connectivity index (χ4v) is 5.78. The predicted molar refractivity (Wildman–Crippen MR) is 130 cm³/mol. The number of nitrogens with zero attached hydrogens (tertiary/aromatic N) is 4. The average molecular weight is 480 g/mol. The number of carbonyl (C=O) groups excluding carboxylic acids is 2. The van der Waals surface area contributed by atoms with Gasteiger partial charge in [0.15, 0.2) is 0 Å². The number of para-hydroxylation sites is 1. The first-order valence-electron chi connectivity index (χ1n) is 11.1. The molecule has 33 heavy (non-hydrogen) atoms. The van der Waals surface area contributed by atoms with Crippen LogP contribution in [0.3, 0.4) is 0 Å². The number of thiophene rings is 2. The van der Waals surface area contributed by atoms with Crippen LogP contribution in [0.25, 0.3) is 11.0 Å². The predicted octanol–water partition coefficient (Wildman–Crippen LogP) is 4.38. The van der Waals surface area contributed by atoms with Crippen molar-refractivity contribution in [1.82, 2.24) is 25.2 Å². The third kappa shape index (κ3) is 4.84. The number of fused-ring (bicyclic) bond motifs is 1. The van der Waals surface area contributed by atoms with E-state index in [2.05, 4.69) is 15.6 Å². The molecule has 1 atom stereocenters. The Morgan fingerprint density at radius 2 is 1.97 bits per heavy atom. The lowest BCUT2D eigenvalue weighted by Crippen LogP contribution is -2.46. The lowest BCUT2D eigenvalue weighted by molar-refractivity contribution is -0.142. The van der Waals surface area contributed by atoms with Gasteiger partial charge in [0, 0.05) is 10.9 Å². The highest BCUT2D eigenvalue weighted by atomic mass is 32.1. The number of hydrogen-bond donors (Lipinski definition) is 1. The van der Waals surface area contributed by atoms with Gasteiger partial charge in [-0.05, 0) is 58.8 Å². The molecule has 170 valence electrons. The van der Waals surface area contributed by atoms with Gasteiger partial charge in [-0.25, -0.2) is 4.68 Å². The third-order valence-electron chi connectivity index (χ3n) is 6.05. The molecule has 0 bridgehead atoms. The van der Waals surface area contributed by atoms with Gasteiger partial charge in [0.25, 0.3) is 0 Å². The Hall–Kier alpha value is -3.04. The second-order valence-electron chi connectivity index (χ2n) is 8.29. The van der Waals surface area contributed by atoms with E-state index in [4.69, 9.17) is 0 Å². The molecule has 5 rings (SSSR count). The molecule has 7 nitrogen and oxygen atoms in total. The van der Waals surface area contributed by atoms with E-state index in [1.165, 1.54) is 11.3 Å². The molecule has 0 saturated heterocycles. The highest BCUT2D eigenvalue weighted by Gasteiger charge is 2.34. The third-order valence-corrected chi connectivity index (χ3v) is 7.62. The van der Waals surface area contributed by atoms with E-state index in [0.717, 1.165) is 47.2 Å². The van der Waals surface area contributed by atoms with Crippen molar-refractivity contribution < 1.29 is 9.59 Å². The van der Waals surface area contributed by atoms with E-state index in [1.54, 1.807) is 20.9 Å². The van der Waals surface area contributed by atoms with Crippen molar-refractivity contribution in [2.24, 2.45) is 0 Å². The molecular weight excluding hydrogens is 454 g/mol. The molecule has 0 spiro atoms. The van der Waals surface area contributed by atoms with E-state index >= 15 is 0 Å². The molecular formula is C24H25N5O2S2. The van der Waals surface area contributed by atoms with Crippen LogP contribution in [0.1, 0.15) is 42.2 Å². The summed E-state index contributed by atoms with van der Waals surface area (Å²) in [4.78, 5) is 30.0. The van der Waals surface area contributed by atoms with Gasteiger partial charge in [0.05, 0.1) is 12.1 Å². The standard InChI is InChI=1S/C24H25N5O2S2/c30-22(15-29-21-10-4-3-9-20(21)26-27-29)28(14-19-8-5-12-33-19)23(17-11-13-32-16-17)24(31)25-18-6-1-2-7-18/h3-5,8-13,16,18,23H,1-2,6-7,14-15H2,(H,25,31). The number of benzene rings is 1. The normalized spacial score (nSPS) is 15.0. The smallest absolute Gasteiger partial charge is 0.247 e. The van der Waals surface area contributed by atoms with E-state index in [0.29, 0.717) is 6.54 Å². The Labute approximate surface area is 200 Å². The number of aromatic nitrogens is 3. The molecule has 1 N–H and O–H groups in total. The molecule has 3 aromatic heterocycles. The fraction of sp³-hybridized carbons (Fsp3) is 0.333. The van der Waals surface area contributed by atoms with Crippen molar-refractivity contribution in [1.29, 1.82) is 0 Å². The zero-order valence-corrected chi connectivity index (χ0v) is 19.7. The van der Waals surface area contributed by atoms with Crippen molar-refractivity contribution in [3.63, 3.8) is 0 Å². The van der Waals surface area contributed by atoms with Crippen LogP contribution in [-0.4, -0.2) is 37.7 Å². The Morgan fingerprint density at radius 1 is 1.12 bits per heavy atom. The summed E-state index contributed by atoms with van der Waals surface area (Å²) in [5, 5.41) is 17.5. The lowest BCUT2D eigenvalue weighted by Gasteiger charge is -2.31. The summed E-state index contributed by atoms with van der Waals surface area (Å²) in [5.41, 5.74) is 2.37. The maximum Gasteiger partial charge on any atom is 0.247 e. The molecule has 1 saturated carbocycles. The van der Waals surface area contributed by atoms with Crippen LogP contribution in [0, 0.1) is 0 Å². The number of hydrogen-bond acceptors (Lipinski definition) is 6. The van der Waals surface area contributed by atoms with Gasteiger partial charge in [0.2, 0.25) is 11.8 Å². The van der Waals surface area contributed by atoms with Crippen LogP contribution in [0.15, 0.2) is 58.6 Å². The summed E-state index contributed by atoms with van der Waals surface area (Å²) in [7, 11) is 0. The minimum Gasteiger partial charge on any atom is -0.351 e. The summed E-state index contributed by atoms with van der Waals surface area (Å²) in [6.07, 6.45) is 4.24. The minimum absolute atomic E-state index is 0.0171. The van der Waals surface area contributed by atoms with Gasteiger partial charge in [-0.2, -0.15) is 11.3 Å². The first-order chi connectivity index (χ1) is 16.2. The van der Waals surface area contributed by atoms with Crippen LogP contribution in [-0.2, 0) is 22.7 Å². The molecule has 1 aliphatic carbocycles. The van der Waals surface area contributed by atoms with Crippen LogP contribution in [0.5, 0.6) is 0 Å². The summed E-state index contributed by atoms with van der Waals surface area (Å²) in [5.74, 6) is -0.287. The molecule has 0 radical (unpaired) electrons. The summed E-state index contributed by atoms with van der Waals surface area (Å²) in [6, 6.07) is 12.9. The highest BCUT2D eigenvalue weighted by molar-refractivity contribution is 7.09. The number of nitrogens with one attached hydrogen (secondary N) is 1. The Morgan fingerprint density at radius 3 is 2.73 bits per heavy atom. The minimum atomic E-state index is -0.693. The van der Waals surface area contributed by atoms with E-state index in [1.807, 2.05) is 58.6 Å². The molecule has 2 amide bonds. The van der Waals surface area contributed by atoms with E-state index in [9.17, 15) is 9.59 Å². The number of rotatable bonds is 8. The van der Waals surface area contributed by atoms with Crippen molar-refractivity contribution in [3.8, 4) is 0 Å². The number of amides is 2. The van der Waals surface area contributed by atoms with Crippen molar-refractivity contribution in [3.05, 3.63) is 69.0 Å². The van der Waals surface area contributed by atoms with Crippen molar-refractivity contribution in [2.45, 2.75) is 50.9 Å². The van der Waals surface area contributed by atoms with E-state index in [-0.39, 0.29) is 24.4 Å². The Bertz CT molecular complexity index is 1210. The molecule has 1 unspecified atom stereocenters. The van der Waals surface area contributed by atoms with Crippen LogP contribution >= 0.6 is 22.7 Å². The SMILES string of the molecule is O=C(NC1CCCC1)C(c1ccsc1)N(Cc1cccs1)C(=O)Cn1nnc2ccccc21. The zero-order valence-electron chi connectivity index (χ0n) is 18.1. The van der Waals surface area contributed by atoms with Crippen LogP contribution in [0.4, 0.5) is 0 Å². The van der Waals surface area contributed by atoms with Crippen LogP contribution in [0.2, 0.25) is 0 Å². The monoisotopic (exact) mass is 479 g/mol. The fourth-order valence-electron chi connectivity index (χ4n) is 4.40. The van der Waals surface area contributed by atoms with Gasteiger partial charge >= 0.3 is 0 Å². The molecule has 1 aromatic carbocycles. The van der Waals surface area contributed by atoms with Gasteiger partial charge in [-0.1, -0.05) is 36.3 Å². The summed E-state index contributed by atoms with van der Waals surface area (Å²) >= 11 is 3.11. The maximum absolute atomic E-state index is 13.7. The average Bonchev–Trinajstić information content (AvgIpc) is 3.62. The van der Waals surface area contributed by atoms with Gasteiger partial charge in [-0.3, -0.25) is 9.59 Å². The van der Waals surface area contributed by atoms with Crippen molar-refractivity contribution in [2.75, 3.05) is 0 Å². The second kappa shape index (κ2) is 9.84. The Balaban J connectivity index is 1.47. The first kappa shape index (κ1) is 21.8. The molecule has 9 heteroatoms. The summed E-state index contributed by atoms with van der Waals surface area (Å²) < 4.78 is 1.61. The van der Waals surface area contributed by atoms with Gasteiger partial charge < -0.3 is 10.2 Å². The number of carbonyl (C=O) groups is 2. The largest absolute Gasteiger partial charge is 0.351 e. The zero-order chi connectivity index (χ0) is 22.6. The van der Waals surface area contributed by atoms with Gasteiger partial charge in [0.1, 0.15) is 18.1 Å². The molecule has 0 aliphatic heterocycles. The Kier molecular flexibility index (Phi) is 6.50. The molecule has 3 heterocycles. The lowest BCUT2D eigenvalue weighted by atomic mass is 10.1. The molecule has 1 aliphatic rings. The first-order valence-corrected chi connectivity index (χ1v) is 12.9. The topological polar surface area (TPSA) is 80.1 Å². The van der Waals surface area contributed by atoms with Crippen molar-refractivity contribution >= 4 is 45.5 Å². The highest BCUT2D eigenvalue weighted by Crippen LogP contribution is 2.28. The maximum atomic E-state index is 13.7. The molecule has 4 aromatic rings. The van der Waals surface area contributed by atoms with Crippen LogP contribution < -0.4 is 5.32 Å². The quantitative estimate of drug-likeness (QED) is 0.407. The van der Waals surface area contributed by atoms with Gasteiger partial charge in [-0.15, -0.1) is 16.4 Å². The second-order valence-corrected chi connectivity index (χ2v) is 10.1.